The van der Waals surface area contributed by atoms with Crippen molar-refractivity contribution in [2.45, 2.75) is 43.1 Å². The Morgan fingerprint density at radius 3 is 2.40 bits per heavy atom. The molecule has 1 aliphatic rings. The zero-order chi connectivity index (χ0) is 32.6. The van der Waals surface area contributed by atoms with Gasteiger partial charge in [-0.25, -0.2) is 22.3 Å². The fourth-order valence-electron chi connectivity index (χ4n) is 4.59. The second kappa shape index (κ2) is 12.3. The first-order valence-electron chi connectivity index (χ1n) is 13.3. The lowest BCUT2D eigenvalue weighted by molar-refractivity contribution is -0.274. The number of alkyl halides is 5. The summed E-state index contributed by atoms with van der Waals surface area (Å²) >= 11 is 0.972. The number of nitrogens with one attached hydrogen (secondary N) is 2. The number of halogens is 5. The van der Waals surface area contributed by atoms with Crippen LogP contribution in [-0.4, -0.2) is 71.1 Å². The summed E-state index contributed by atoms with van der Waals surface area (Å²) in [5.74, 6) is -4.38. The van der Waals surface area contributed by atoms with E-state index in [0.717, 1.165) is 39.9 Å². The predicted octanol–water partition coefficient (Wildman–Crippen LogP) is 3.37. The number of aromatic nitrogens is 4. The number of benzene rings is 2. The number of fused-ring (bicyclic) bond motifs is 1. The number of ether oxygens (including phenoxy) is 1. The smallest absolute Gasteiger partial charge is 0.406 e. The van der Waals surface area contributed by atoms with E-state index in [1.54, 1.807) is 4.90 Å². The number of carbonyl (C=O) groups excluding carboxylic acids is 1. The molecule has 5 rings (SSSR count). The lowest BCUT2D eigenvalue weighted by Gasteiger charge is -2.39. The van der Waals surface area contributed by atoms with Crippen LogP contribution in [0.4, 0.5) is 27.1 Å². The molecule has 45 heavy (non-hydrogen) atoms. The number of aromatic amines is 1. The molecule has 0 aliphatic carbocycles. The van der Waals surface area contributed by atoms with Gasteiger partial charge in [-0.05, 0) is 29.8 Å². The molecule has 4 aromatic rings. The maximum absolute atomic E-state index is 14.0. The zero-order valence-corrected chi connectivity index (χ0v) is 24.8. The van der Waals surface area contributed by atoms with E-state index in [1.807, 2.05) is 0 Å². The minimum atomic E-state index is -4.98. The minimum absolute atomic E-state index is 0.0382. The molecule has 0 spiro atoms. The summed E-state index contributed by atoms with van der Waals surface area (Å²) in [6.45, 7) is 0.826. The Kier molecular flexibility index (Phi) is 8.78. The highest BCUT2D eigenvalue weighted by atomic mass is 32.2. The number of hydrogen-bond donors (Lipinski definition) is 2. The number of sulfonamides is 1. The topological polar surface area (TPSA) is 150 Å². The molecule has 1 amide bonds. The van der Waals surface area contributed by atoms with Gasteiger partial charge in [-0.3, -0.25) is 9.59 Å². The van der Waals surface area contributed by atoms with Gasteiger partial charge in [-0.1, -0.05) is 47.7 Å². The van der Waals surface area contributed by atoms with E-state index in [2.05, 4.69) is 30.4 Å². The van der Waals surface area contributed by atoms with Crippen molar-refractivity contribution in [2.24, 2.45) is 0 Å². The second-order valence-electron chi connectivity index (χ2n) is 9.86. The second-order valence-corrected chi connectivity index (χ2v) is 12.7. The van der Waals surface area contributed by atoms with Crippen LogP contribution < -0.4 is 20.5 Å². The number of hydrogen-bond acceptors (Lipinski definition) is 10. The number of nitrogens with zero attached hydrogens (tertiary/aromatic N) is 5. The lowest BCUT2D eigenvalue weighted by atomic mass is 10.0. The Bertz CT molecular complexity index is 1850. The number of carbonyl (C=O) groups is 1. The van der Waals surface area contributed by atoms with Crippen LogP contribution in [0.2, 0.25) is 0 Å². The van der Waals surface area contributed by atoms with Crippen molar-refractivity contribution >= 4 is 42.7 Å². The fraction of sp³-hybridized carbons (Fsp3) is 0.346. The van der Waals surface area contributed by atoms with E-state index in [1.165, 1.54) is 31.2 Å². The molecule has 1 saturated heterocycles. The molecular weight excluding hydrogens is 649 g/mol. The standard InChI is InChI=1S/C26H24F5N7O5S2/c1-2-25(27,28)16-5-3-15(4-6-16)13-32-22(39)19-14-37(24-33-21-20(44-24)23(40)35-36-34-21)11-12-38(19)45(41,42)18-9-7-17(8-10-18)43-26(29,30)31/h3-10,19H,2,11-14H2,1H3,(H,32,39)(H,34,35,40)/t19-/m1/s1. The summed E-state index contributed by atoms with van der Waals surface area (Å²) in [5, 5.41) is 12.4. The first-order valence-corrected chi connectivity index (χ1v) is 15.5. The highest BCUT2D eigenvalue weighted by molar-refractivity contribution is 7.89. The number of amides is 1. The third-order valence-electron chi connectivity index (χ3n) is 6.96. The van der Waals surface area contributed by atoms with Crippen molar-refractivity contribution in [3.05, 3.63) is 70.0 Å². The Morgan fingerprint density at radius 2 is 1.78 bits per heavy atom. The molecule has 1 atom stereocenters. The highest BCUT2D eigenvalue weighted by Gasteiger charge is 2.41. The van der Waals surface area contributed by atoms with Crippen LogP contribution in [0, 0.1) is 0 Å². The molecule has 2 aromatic heterocycles. The fourth-order valence-corrected chi connectivity index (χ4v) is 7.08. The Balaban J connectivity index is 1.40. The quantitative estimate of drug-likeness (QED) is 0.255. The van der Waals surface area contributed by atoms with Gasteiger partial charge < -0.3 is 15.0 Å². The van der Waals surface area contributed by atoms with E-state index in [0.29, 0.717) is 5.56 Å². The van der Waals surface area contributed by atoms with Crippen LogP contribution in [0.1, 0.15) is 24.5 Å². The number of thiazole rings is 1. The lowest BCUT2D eigenvalue weighted by Crippen LogP contribution is -2.60. The largest absolute Gasteiger partial charge is 0.573 e. The molecule has 2 N–H and O–H groups in total. The van der Waals surface area contributed by atoms with E-state index in [4.69, 9.17) is 0 Å². The van der Waals surface area contributed by atoms with E-state index in [9.17, 15) is 40.0 Å². The Hall–Kier alpha value is -4.23. The van der Waals surface area contributed by atoms with Crippen molar-refractivity contribution in [3.63, 3.8) is 0 Å². The average molecular weight is 674 g/mol. The van der Waals surface area contributed by atoms with Crippen LogP contribution in [0.15, 0.2) is 58.2 Å². The van der Waals surface area contributed by atoms with Gasteiger partial charge in [-0.15, -0.1) is 18.3 Å². The molecule has 19 heteroatoms. The predicted molar refractivity (Wildman–Crippen MR) is 151 cm³/mol. The van der Waals surface area contributed by atoms with Gasteiger partial charge in [0.1, 0.15) is 16.5 Å². The number of H-pyrrole nitrogens is 1. The minimum Gasteiger partial charge on any atom is -0.406 e. The van der Waals surface area contributed by atoms with Crippen LogP contribution in [-0.2, 0) is 27.3 Å². The zero-order valence-electron chi connectivity index (χ0n) is 23.2. The van der Waals surface area contributed by atoms with Gasteiger partial charge >= 0.3 is 6.36 Å². The van der Waals surface area contributed by atoms with Gasteiger partial charge in [0.2, 0.25) is 21.6 Å². The molecule has 0 unspecified atom stereocenters. The third kappa shape index (κ3) is 7.04. The summed E-state index contributed by atoms with van der Waals surface area (Å²) < 4.78 is 98.1. The summed E-state index contributed by atoms with van der Waals surface area (Å²) in [4.78, 5) is 31.2. The number of anilines is 1. The van der Waals surface area contributed by atoms with Crippen molar-refractivity contribution in [2.75, 3.05) is 24.5 Å². The highest BCUT2D eigenvalue weighted by Crippen LogP contribution is 2.32. The third-order valence-corrected chi connectivity index (χ3v) is 9.98. The molecule has 3 heterocycles. The molecule has 2 aromatic carbocycles. The van der Waals surface area contributed by atoms with E-state index < -0.39 is 45.6 Å². The van der Waals surface area contributed by atoms with E-state index in [-0.39, 0.29) is 58.5 Å². The van der Waals surface area contributed by atoms with Crippen molar-refractivity contribution < 1.29 is 39.9 Å². The average Bonchev–Trinajstić information content (AvgIpc) is 3.45. The molecule has 0 radical (unpaired) electrons. The maximum Gasteiger partial charge on any atom is 0.573 e. The van der Waals surface area contributed by atoms with Gasteiger partial charge in [-0.2, -0.15) is 9.29 Å². The van der Waals surface area contributed by atoms with Crippen molar-refractivity contribution in [1.82, 2.24) is 30.0 Å². The Labute approximate surface area is 255 Å². The van der Waals surface area contributed by atoms with Crippen molar-refractivity contribution in [3.8, 4) is 5.75 Å². The van der Waals surface area contributed by atoms with Crippen LogP contribution in [0.25, 0.3) is 10.3 Å². The Morgan fingerprint density at radius 1 is 1.09 bits per heavy atom. The van der Waals surface area contributed by atoms with Gasteiger partial charge in [0.25, 0.3) is 11.5 Å². The summed E-state index contributed by atoms with van der Waals surface area (Å²) in [6.07, 6.45) is -5.37. The first-order chi connectivity index (χ1) is 21.2. The molecule has 1 aliphatic heterocycles. The molecule has 240 valence electrons. The molecular formula is C26H24F5N7O5S2. The number of piperazine rings is 1. The van der Waals surface area contributed by atoms with E-state index >= 15 is 0 Å². The van der Waals surface area contributed by atoms with Crippen molar-refractivity contribution in [1.29, 1.82) is 0 Å². The van der Waals surface area contributed by atoms with Crippen LogP contribution in [0.3, 0.4) is 0 Å². The first kappa shape index (κ1) is 32.2. The monoisotopic (exact) mass is 673 g/mol. The van der Waals surface area contributed by atoms with Gasteiger partial charge in [0.15, 0.2) is 5.13 Å². The maximum atomic E-state index is 14.0. The molecule has 0 bridgehead atoms. The molecule has 12 nitrogen and oxygen atoms in total. The van der Waals surface area contributed by atoms with Crippen LogP contribution >= 0.6 is 11.3 Å². The number of rotatable bonds is 9. The van der Waals surface area contributed by atoms with Gasteiger partial charge in [0.05, 0.1) is 4.90 Å². The van der Waals surface area contributed by atoms with Gasteiger partial charge in [0, 0.05) is 38.2 Å². The normalized spacial score (nSPS) is 16.6. The summed E-state index contributed by atoms with van der Waals surface area (Å²) in [5.41, 5.74) is -0.176. The molecule has 1 fully saturated rings. The summed E-state index contributed by atoms with van der Waals surface area (Å²) in [6, 6.07) is 7.52. The molecule has 0 saturated carbocycles. The summed E-state index contributed by atoms with van der Waals surface area (Å²) in [7, 11) is -4.43. The SMILES string of the molecule is CCC(F)(F)c1ccc(CNC(=O)[C@H]2CN(c3nc4nn[nH]c(=O)c4s3)CCN2S(=O)(=O)c2ccc(OC(F)(F)F)cc2)cc1. The van der Waals surface area contributed by atoms with Crippen LogP contribution in [0.5, 0.6) is 5.75 Å².